The molecule has 1 aliphatic rings. The minimum atomic E-state index is 0.229. The topological polar surface area (TPSA) is 27.1 Å². The van der Waals surface area contributed by atoms with E-state index in [0.29, 0.717) is 4.83 Å². The second-order valence-corrected chi connectivity index (χ2v) is 4.72. The molecule has 1 aromatic heterocycles. The van der Waals surface area contributed by atoms with E-state index in [1.165, 1.54) is 5.56 Å². The monoisotopic (exact) mass is 244 g/mol. The average Bonchev–Trinajstić information content (AvgIpc) is 2.52. The fraction of sp³-hybridized carbons (Fsp3) is 0.667. The molecule has 2 atom stereocenters. The fourth-order valence-corrected chi connectivity index (χ4v) is 2.12. The molecule has 2 rings (SSSR count). The number of aromatic nitrogens is 2. The van der Waals surface area contributed by atoms with Crippen molar-refractivity contribution < 1.29 is 4.74 Å². The van der Waals surface area contributed by atoms with E-state index in [2.05, 4.69) is 21.0 Å². The molecule has 2 heterocycles. The molecule has 0 amide bonds. The summed E-state index contributed by atoms with van der Waals surface area (Å²) >= 11 is 3.63. The second kappa shape index (κ2) is 3.80. The quantitative estimate of drug-likeness (QED) is 0.708. The lowest BCUT2D eigenvalue weighted by Gasteiger charge is -2.25. The Bertz CT molecular complexity index is 287. The summed E-state index contributed by atoms with van der Waals surface area (Å²) in [5.74, 6) is 0. The highest BCUT2D eigenvalue weighted by molar-refractivity contribution is 9.09. The van der Waals surface area contributed by atoms with E-state index in [0.717, 1.165) is 19.4 Å². The van der Waals surface area contributed by atoms with Gasteiger partial charge in [0.25, 0.3) is 0 Å². The molecule has 0 aromatic carbocycles. The lowest BCUT2D eigenvalue weighted by molar-refractivity contribution is 0.0187. The molecule has 0 bridgehead atoms. The van der Waals surface area contributed by atoms with Crippen LogP contribution in [0.3, 0.4) is 0 Å². The maximum atomic E-state index is 5.66. The molecule has 0 unspecified atom stereocenters. The first kappa shape index (κ1) is 9.21. The predicted molar refractivity (Wildman–Crippen MR) is 53.9 cm³/mol. The molecule has 3 nitrogen and oxygen atoms in total. The van der Waals surface area contributed by atoms with Crippen LogP contribution >= 0.6 is 15.9 Å². The normalized spacial score (nSPS) is 29.1. The van der Waals surface area contributed by atoms with Gasteiger partial charge in [-0.25, -0.2) is 0 Å². The Morgan fingerprint density at radius 3 is 3.15 bits per heavy atom. The summed E-state index contributed by atoms with van der Waals surface area (Å²) in [6.45, 7) is 0.843. The summed E-state index contributed by atoms with van der Waals surface area (Å²) in [5.41, 5.74) is 1.19. The Kier molecular flexibility index (Phi) is 2.69. The van der Waals surface area contributed by atoms with Crippen LogP contribution in [0.15, 0.2) is 12.4 Å². The fourth-order valence-electron chi connectivity index (χ4n) is 1.60. The van der Waals surface area contributed by atoms with Crippen molar-refractivity contribution >= 4 is 15.9 Å². The molecule has 0 radical (unpaired) electrons. The largest absolute Gasteiger partial charge is 0.373 e. The third kappa shape index (κ3) is 2.11. The van der Waals surface area contributed by atoms with Crippen molar-refractivity contribution in [3.05, 3.63) is 18.0 Å². The van der Waals surface area contributed by atoms with Crippen LogP contribution in [0.2, 0.25) is 0 Å². The highest BCUT2D eigenvalue weighted by atomic mass is 79.9. The number of nitrogens with zero attached hydrogens (tertiary/aromatic N) is 2. The van der Waals surface area contributed by atoms with Crippen LogP contribution in [-0.2, 0) is 11.8 Å². The Morgan fingerprint density at radius 2 is 2.54 bits per heavy atom. The summed E-state index contributed by atoms with van der Waals surface area (Å²) in [6, 6.07) is 0. The van der Waals surface area contributed by atoms with E-state index in [-0.39, 0.29) is 6.10 Å². The van der Waals surface area contributed by atoms with Crippen molar-refractivity contribution in [2.24, 2.45) is 7.05 Å². The van der Waals surface area contributed by atoms with Crippen molar-refractivity contribution in [3.8, 4) is 0 Å². The number of rotatable bonds is 1. The highest BCUT2D eigenvalue weighted by Gasteiger charge is 2.22. The maximum Gasteiger partial charge on any atom is 0.0866 e. The number of halogens is 1. The third-order valence-electron chi connectivity index (χ3n) is 2.32. The van der Waals surface area contributed by atoms with Gasteiger partial charge in [-0.1, -0.05) is 15.9 Å². The average molecular weight is 245 g/mol. The summed E-state index contributed by atoms with van der Waals surface area (Å²) in [7, 11) is 1.93. The van der Waals surface area contributed by atoms with E-state index in [1.807, 2.05) is 24.1 Å². The maximum absolute atomic E-state index is 5.66. The van der Waals surface area contributed by atoms with Crippen LogP contribution in [0, 0.1) is 0 Å². The molecule has 0 saturated carbocycles. The van der Waals surface area contributed by atoms with Crippen molar-refractivity contribution in [2.75, 3.05) is 6.61 Å². The summed E-state index contributed by atoms with van der Waals surface area (Å²) < 4.78 is 7.48. The van der Waals surface area contributed by atoms with Gasteiger partial charge in [-0.2, -0.15) is 5.10 Å². The van der Waals surface area contributed by atoms with E-state index in [4.69, 9.17) is 4.74 Å². The summed E-state index contributed by atoms with van der Waals surface area (Å²) in [5, 5.41) is 4.14. The highest BCUT2D eigenvalue weighted by Crippen LogP contribution is 2.30. The lowest BCUT2D eigenvalue weighted by atomic mass is 10.0. The molecule has 0 aliphatic carbocycles. The van der Waals surface area contributed by atoms with Crippen LogP contribution in [0.25, 0.3) is 0 Å². The summed E-state index contributed by atoms with van der Waals surface area (Å²) in [6.07, 6.45) is 6.29. The van der Waals surface area contributed by atoms with Crippen molar-refractivity contribution in [2.45, 2.75) is 23.8 Å². The Labute approximate surface area is 86.2 Å². The van der Waals surface area contributed by atoms with Gasteiger partial charge < -0.3 is 4.74 Å². The van der Waals surface area contributed by atoms with Crippen LogP contribution in [0.1, 0.15) is 24.5 Å². The molecular formula is C9H13BrN2O. The second-order valence-electron chi connectivity index (χ2n) is 3.43. The smallest absolute Gasteiger partial charge is 0.0866 e. The Balaban J connectivity index is 2.08. The van der Waals surface area contributed by atoms with Gasteiger partial charge in [0, 0.05) is 30.2 Å². The number of aryl methyl sites for hydroxylation is 1. The van der Waals surface area contributed by atoms with E-state index in [1.54, 1.807) is 0 Å². The van der Waals surface area contributed by atoms with Gasteiger partial charge in [0.1, 0.15) is 0 Å². The number of alkyl halides is 1. The molecule has 1 aromatic rings. The summed E-state index contributed by atoms with van der Waals surface area (Å²) in [4.78, 5) is 0.589. The zero-order valence-corrected chi connectivity index (χ0v) is 9.20. The Hall–Kier alpha value is -0.350. The van der Waals surface area contributed by atoms with Gasteiger partial charge in [-0.3, -0.25) is 4.68 Å². The standard InChI is InChI=1S/C9H13BrN2O/c1-12-6-7(5-11-12)9-4-8(10)2-3-13-9/h5-6,8-9H,2-4H2,1H3/t8-,9+/m0/s1. The van der Waals surface area contributed by atoms with Crippen molar-refractivity contribution in [1.82, 2.24) is 9.78 Å². The van der Waals surface area contributed by atoms with E-state index in [9.17, 15) is 0 Å². The van der Waals surface area contributed by atoms with Crippen LogP contribution in [0.5, 0.6) is 0 Å². The Morgan fingerprint density at radius 1 is 1.69 bits per heavy atom. The molecule has 4 heteroatoms. The van der Waals surface area contributed by atoms with Crippen LogP contribution in [-0.4, -0.2) is 21.2 Å². The van der Waals surface area contributed by atoms with E-state index < -0.39 is 0 Å². The molecule has 0 spiro atoms. The molecule has 0 N–H and O–H groups in total. The first-order chi connectivity index (χ1) is 6.25. The van der Waals surface area contributed by atoms with Crippen LogP contribution in [0.4, 0.5) is 0 Å². The number of ether oxygens (including phenoxy) is 1. The molecule has 72 valence electrons. The van der Waals surface area contributed by atoms with Gasteiger partial charge >= 0.3 is 0 Å². The number of hydrogen-bond donors (Lipinski definition) is 0. The van der Waals surface area contributed by atoms with Gasteiger partial charge in [-0.15, -0.1) is 0 Å². The zero-order chi connectivity index (χ0) is 9.26. The first-order valence-electron chi connectivity index (χ1n) is 4.50. The molecule has 1 fully saturated rings. The molecule has 1 aliphatic heterocycles. The third-order valence-corrected chi connectivity index (χ3v) is 3.15. The van der Waals surface area contributed by atoms with Gasteiger partial charge in [0.15, 0.2) is 0 Å². The van der Waals surface area contributed by atoms with Gasteiger partial charge in [0.05, 0.1) is 12.3 Å². The van der Waals surface area contributed by atoms with Crippen molar-refractivity contribution in [3.63, 3.8) is 0 Å². The van der Waals surface area contributed by atoms with Gasteiger partial charge in [-0.05, 0) is 12.8 Å². The molecular weight excluding hydrogens is 232 g/mol. The van der Waals surface area contributed by atoms with Crippen molar-refractivity contribution in [1.29, 1.82) is 0 Å². The van der Waals surface area contributed by atoms with E-state index >= 15 is 0 Å². The molecule has 13 heavy (non-hydrogen) atoms. The predicted octanol–water partition coefficient (Wildman–Crippen LogP) is 2.04. The number of hydrogen-bond acceptors (Lipinski definition) is 2. The lowest BCUT2D eigenvalue weighted by Crippen LogP contribution is -2.19. The zero-order valence-electron chi connectivity index (χ0n) is 7.61. The SMILES string of the molecule is Cn1cc([C@H]2C[C@@H](Br)CCO2)cn1. The minimum absolute atomic E-state index is 0.229. The molecule has 1 saturated heterocycles. The van der Waals surface area contributed by atoms with Crippen LogP contribution < -0.4 is 0 Å². The van der Waals surface area contributed by atoms with Gasteiger partial charge in [0.2, 0.25) is 0 Å². The minimum Gasteiger partial charge on any atom is -0.373 e. The first-order valence-corrected chi connectivity index (χ1v) is 5.41.